The number of carbonyl (C=O) groups is 2. The lowest BCUT2D eigenvalue weighted by Crippen LogP contribution is -2.40. The number of phenolic OH excluding ortho intramolecular Hbond substituents is 1. The number of nitrogens with one attached hydrogen (secondary N) is 1. The number of nitrogens with zero attached hydrogens (tertiary/aromatic N) is 1. The van der Waals surface area contributed by atoms with Gasteiger partial charge in [-0.1, -0.05) is 30.3 Å². The summed E-state index contributed by atoms with van der Waals surface area (Å²) < 4.78 is 12.1. The fourth-order valence-corrected chi connectivity index (χ4v) is 5.39. The van der Waals surface area contributed by atoms with Crippen molar-refractivity contribution in [3.05, 3.63) is 118 Å². The number of hydrogen-bond donors (Lipinski definition) is 3. The van der Waals surface area contributed by atoms with Gasteiger partial charge in [0, 0.05) is 18.7 Å². The van der Waals surface area contributed by atoms with Gasteiger partial charge in [-0.05, 0) is 89.7 Å². The zero-order chi connectivity index (χ0) is 28.3. The van der Waals surface area contributed by atoms with Crippen LogP contribution in [-0.2, 0) is 13.0 Å². The van der Waals surface area contributed by atoms with Gasteiger partial charge >= 0.3 is 0 Å². The highest BCUT2D eigenvalue weighted by atomic mass is 16.5. The molecular formula is C33H30N2O6. The van der Waals surface area contributed by atoms with Crippen LogP contribution < -0.4 is 14.8 Å². The van der Waals surface area contributed by atoms with Crippen molar-refractivity contribution in [1.29, 1.82) is 0 Å². The number of aromatic hydroxyl groups is 1. The maximum Gasteiger partial charge on any atom is 0.255 e. The van der Waals surface area contributed by atoms with Crippen LogP contribution in [0.2, 0.25) is 0 Å². The quantitative estimate of drug-likeness (QED) is 0.325. The van der Waals surface area contributed by atoms with Crippen LogP contribution in [0.5, 0.6) is 23.0 Å². The predicted molar refractivity (Wildman–Crippen MR) is 152 cm³/mol. The normalized spacial score (nSPS) is 16.6. The summed E-state index contributed by atoms with van der Waals surface area (Å²) in [6.45, 7) is 1.16. The molecular weight excluding hydrogens is 520 g/mol. The van der Waals surface area contributed by atoms with Crippen LogP contribution in [0.25, 0.3) is 0 Å². The average molecular weight is 551 g/mol. The molecule has 1 atom stereocenters. The minimum absolute atomic E-state index is 0.0802. The van der Waals surface area contributed by atoms with Gasteiger partial charge in [0.05, 0.1) is 24.8 Å². The molecule has 4 aromatic rings. The topological polar surface area (TPSA) is 108 Å². The Morgan fingerprint density at radius 1 is 0.951 bits per heavy atom. The van der Waals surface area contributed by atoms with Crippen molar-refractivity contribution in [3.63, 3.8) is 0 Å². The van der Waals surface area contributed by atoms with Crippen LogP contribution in [0.4, 0.5) is 0 Å². The van der Waals surface area contributed by atoms with Gasteiger partial charge in [0.2, 0.25) is 0 Å². The second-order valence-electron chi connectivity index (χ2n) is 10.2. The van der Waals surface area contributed by atoms with E-state index in [1.54, 1.807) is 30.3 Å². The summed E-state index contributed by atoms with van der Waals surface area (Å²) in [7, 11) is 0. The molecule has 0 aliphatic carbocycles. The zero-order valence-corrected chi connectivity index (χ0v) is 22.4. The maximum absolute atomic E-state index is 13.8. The Labute approximate surface area is 237 Å². The largest absolute Gasteiger partial charge is 0.507 e. The van der Waals surface area contributed by atoms with E-state index < -0.39 is 0 Å². The number of aliphatic hydroxyl groups excluding tert-OH is 1. The zero-order valence-electron chi connectivity index (χ0n) is 22.4. The van der Waals surface area contributed by atoms with E-state index >= 15 is 0 Å². The van der Waals surface area contributed by atoms with Crippen molar-refractivity contribution in [2.45, 2.75) is 25.5 Å². The molecule has 3 aliphatic rings. The molecule has 3 aliphatic heterocycles. The van der Waals surface area contributed by atoms with Crippen molar-refractivity contribution >= 4 is 11.8 Å². The highest BCUT2D eigenvalue weighted by molar-refractivity contribution is 5.97. The standard InChI is InChI=1S/C33H30N2O6/c36-20-21-5-7-22(8-6-21)33(39)35-15-13-23-17-26-9-11-28(23)31(35)24-3-1-4-25(18-24)40-16-2-14-34-32(38)29-19-27(41-26)10-12-30(29)37/h1,3-12,17-19,31,36-37H,2,13-16,20H2,(H,34,38). The van der Waals surface area contributed by atoms with E-state index in [-0.39, 0.29) is 35.8 Å². The Balaban J connectivity index is 1.42. The Kier molecular flexibility index (Phi) is 7.31. The van der Waals surface area contributed by atoms with Crippen LogP contribution >= 0.6 is 0 Å². The molecule has 4 aromatic carbocycles. The number of carbonyl (C=O) groups excluding carboxylic acids is 2. The van der Waals surface area contributed by atoms with Crippen LogP contribution in [0, 0.1) is 0 Å². The number of amides is 2. The molecule has 2 amide bonds. The molecule has 0 spiro atoms. The third-order valence-corrected chi connectivity index (χ3v) is 7.48. The number of benzene rings is 4. The Bertz CT molecular complexity index is 1600. The first-order chi connectivity index (χ1) is 20.0. The molecule has 208 valence electrons. The first kappa shape index (κ1) is 26.4. The first-order valence-corrected chi connectivity index (χ1v) is 13.7. The van der Waals surface area contributed by atoms with Crippen LogP contribution in [0.15, 0.2) is 84.9 Å². The number of fused-ring (bicyclic) bond motifs is 6. The van der Waals surface area contributed by atoms with Crippen LogP contribution in [-0.4, -0.2) is 46.6 Å². The van der Waals surface area contributed by atoms with Crippen molar-refractivity contribution in [2.75, 3.05) is 19.7 Å². The third kappa shape index (κ3) is 5.47. The summed E-state index contributed by atoms with van der Waals surface area (Å²) in [6, 6.07) is 24.9. The Morgan fingerprint density at radius 3 is 2.59 bits per heavy atom. The van der Waals surface area contributed by atoms with E-state index in [2.05, 4.69) is 5.32 Å². The molecule has 41 heavy (non-hydrogen) atoms. The van der Waals surface area contributed by atoms with Gasteiger partial charge in [-0.15, -0.1) is 0 Å². The van der Waals surface area contributed by atoms with Gasteiger partial charge in [-0.2, -0.15) is 0 Å². The fourth-order valence-electron chi connectivity index (χ4n) is 5.39. The minimum atomic E-state index is -0.389. The molecule has 0 saturated heterocycles. The molecule has 8 heteroatoms. The van der Waals surface area contributed by atoms with E-state index in [0.29, 0.717) is 55.4 Å². The van der Waals surface area contributed by atoms with E-state index in [4.69, 9.17) is 9.47 Å². The smallest absolute Gasteiger partial charge is 0.255 e. The number of aliphatic hydroxyl groups is 1. The van der Waals surface area contributed by atoms with Gasteiger partial charge in [-0.25, -0.2) is 0 Å². The molecule has 0 saturated carbocycles. The monoisotopic (exact) mass is 550 g/mol. The number of phenols is 1. The summed E-state index contributed by atoms with van der Waals surface area (Å²) in [4.78, 5) is 28.4. The molecule has 0 fully saturated rings. The second-order valence-corrected chi connectivity index (χ2v) is 10.2. The summed E-state index contributed by atoms with van der Waals surface area (Å²) in [5, 5.41) is 22.5. The van der Waals surface area contributed by atoms with Crippen molar-refractivity contribution in [1.82, 2.24) is 10.2 Å². The van der Waals surface area contributed by atoms with Gasteiger partial charge in [0.1, 0.15) is 23.0 Å². The van der Waals surface area contributed by atoms with Gasteiger partial charge < -0.3 is 29.9 Å². The lowest BCUT2D eigenvalue weighted by Gasteiger charge is -2.38. The molecule has 8 nitrogen and oxygen atoms in total. The summed E-state index contributed by atoms with van der Waals surface area (Å²) >= 11 is 0. The fraction of sp³-hybridized carbons (Fsp3) is 0.212. The van der Waals surface area contributed by atoms with Crippen LogP contribution in [0.1, 0.15) is 55.4 Å². The third-order valence-electron chi connectivity index (χ3n) is 7.48. The maximum atomic E-state index is 13.8. The number of rotatable bonds is 2. The van der Waals surface area contributed by atoms with E-state index in [1.807, 2.05) is 47.4 Å². The Hall–Kier alpha value is -4.82. The molecule has 1 unspecified atom stereocenters. The molecule has 3 N–H and O–H groups in total. The number of hydrogen-bond acceptors (Lipinski definition) is 6. The summed E-state index contributed by atoms with van der Waals surface area (Å²) in [5.74, 6) is 1.09. The van der Waals surface area contributed by atoms with Gasteiger partial charge in [0.15, 0.2) is 0 Å². The van der Waals surface area contributed by atoms with E-state index in [1.165, 1.54) is 12.1 Å². The summed E-state index contributed by atoms with van der Waals surface area (Å²) in [6.07, 6.45) is 1.19. The van der Waals surface area contributed by atoms with Crippen molar-refractivity contribution < 1.29 is 29.3 Å². The molecule has 7 rings (SSSR count). The lowest BCUT2D eigenvalue weighted by molar-refractivity contribution is 0.0694. The molecule has 0 aromatic heterocycles. The summed E-state index contributed by atoms with van der Waals surface area (Å²) in [5.41, 5.74) is 4.41. The Morgan fingerprint density at radius 2 is 1.76 bits per heavy atom. The van der Waals surface area contributed by atoms with Crippen LogP contribution in [0.3, 0.4) is 0 Å². The average Bonchev–Trinajstić information content (AvgIpc) is 3.00. The predicted octanol–water partition coefficient (Wildman–Crippen LogP) is 4.98. The minimum Gasteiger partial charge on any atom is -0.507 e. The van der Waals surface area contributed by atoms with Gasteiger partial charge in [0.25, 0.3) is 11.8 Å². The van der Waals surface area contributed by atoms with Gasteiger partial charge in [-0.3, -0.25) is 9.59 Å². The van der Waals surface area contributed by atoms with E-state index in [0.717, 1.165) is 22.3 Å². The van der Waals surface area contributed by atoms with E-state index in [9.17, 15) is 19.8 Å². The molecule has 8 bridgehead atoms. The van der Waals surface area contributed by atoms with Crippen molar-refractivity contribution in [3.8, 4) is 23.0 Å². The SMILES string of the molecule is O=C1NCCCOc2cccc(c2)C2c3ccc(cc3CCN2C(=O)c2ccc(CO)cc2)Oc2ccc(O)c1c2. The second kappa shape index (κ2) is 11.3. The van der Waals surface area contributed by atoms with Crippen molar-refractivity contribution in [2.24, 2.45) is 0 Å². The first-order valence-electron chi connectivity index (χ1n) is 13.7. The highest BCUT2D eigenvalue weighted by Crippen LogP contribution is 2.39. The lowest BCUT2D eigenvalue weighted by atomic mass is 9.87. The molecule has 3 heterocycles. The molecule has 0 radical (unpaired) electrons. The highest BCUT2D eigenvalue weighted by Gasteiger charge is 2.33. The number of ether oxygens (including phenoxy) is 2.